The first-order valence-corrected chi connectivity index (χ1v) is 12.0. The van der Waals surface area contributed by atoms with E-state index in [0.29, 0.717) is 5.41 Å². The molecule has 29 heavy (non-hydrogen) atoms. The third-order valence-corrected chi connectivity index (χ3v) is 7.94. The van der Waals surface area contributed by atoms with Crippen LogP contribution < -0.4 is 0 Å². The summed E-state index contributed by atoms with van der Waals surface area (Å²) in [5.74, 6) is 0.990. The molecule has 2 aliphatic carbocycles. The Morgan fingerprint density at radius 2 is 1.83 bits per heavy atom. The highest BCUT2D eigenvalue weighted by Crippen LogP contribution is 2.48. The number of pyridine rings is 1. The number of para-hydroxylation sites is 1. The Morgan fingerprint density at radius 1 is 1.03 bits per heavy atom. The van der Waals surface area contributed by atoms with Crippen LogP contribution in [-0.2, 0) is 13.0 Å². The summed E-state index contributed by atoms with van der Waals surface area (Å²) in [5, 5.41) is 1.36. The van der Waals surface area contributed by atoms with Gasteiger partial charge in [0.2, 0.25) is 0 Å². The zero-order valence-corrected chi connectivity index (χ0v) is 18.1. The molecule has 2 heteroatoms. The van der Waals surface area contributed by atoms with Gasteiger partial charge in [-0.1, -0.05) is 62.5 Å². The van der Waals surface area contributed by atoms with E-state index in [2.05, 4.69) is 48.2 Å². The fourth-order valence-corrected chi connectivity index (χ4v) is 6.09. The maximum absolute atomic E-state index is 4.95. The zero-order chi connectivity index (χ0) is 19.7. The zero-order valence-electron chi connectivity index (χ0n) is 18.1. The second kappa shape index (κ2) is 8.22. The standard InChI is InChI=1S/C27H36N2/c1-21-23(13-4-2-3-10-22-11-5-6-12-22)25(24-14-7-8-15-26(24)28-21)18-29-19-27(20-29)16-9-17-27/h2,4,7-8,14-15,22H,3,5-6,9-13,16-20H2,1H3/b4-2+. The molecule has 3 fully saturated rings. The van der Waals surface area contributed by atoms with Crippen LogP contribution in [0.4, 0.5) is 0 Å². The van der Waals surface area contributed by atoms with Gasteiger partial charge >= 0.3 is 0 Å². The van der Waals surface area contributed by atoms with E-state index in [0.717, 1.165) is 24.4 Å². The highest BCUT2D eigenvalue weighted by Gasteiger charge is 2.47. The Bertz CT molecular complexity index is 879. The van der Waals surface area contributed by atoms with E-state index >= 15 is 0 Å². The smallest absolute Gasteiger partial charge is 0.0708 e. The molecule has 5 rings (SSSR count). The van der Waals surface area contributed by atoms with Crippen molar-refractivity contribution in [2.75, 3.05) is 13.1 Å². The van der Waals surface area contributed by atoms with Crippen LogP contribution in [0.2, 0.25) is 0 Å². The van der Waals surface area contributed by atoms with Crippen LogP contribution in [0.5, 0.6) is 0 Å². The van der Waals surface area contributed by atoms with Crippen molar-refractivity contribution in [2.24, 2.45) is 11.3 Å². The molecular weight excluding hydrogens is 352 g/mol. The second-order valence-electron chi connectivity index (χ2n) is 10.1. The SMILES string of the molecule is Cc1nc2ccccc2c(CN2CC3(CCC3)C2)c1C/C=C/CCC1CCCC1. The second-order valence-corrected chi connectivity index (χ2v) is 10.1. The number of benzene rings is 1. The molecule has 2 heterocycles. The van der Waals surface area contributed by atoms with Crippen molar-refractivity contribution in [2.45, 2.75) is 77.7 Å². The summed E-state index contributed by atoms with van der Waals surface area (Å²) in [4.78, 5) is 7.63. The lowest BCUT2D eigenvalue weighted by molar-refractivity contribution is -0.0644. The van der Waals surface area contributed by atoms with E-state index in [1.807, 2.05) is 0 Å². The van der Waals surface area contributed by atoms with Crippen LogP contribution in [-0.4, -0.2) is 23.0 Å². The maximum atomic E-state index is 4.95. The fraction of sp³-hybridized carbons (Fsp3) is 0.593. The predicted molar refractivity (Wildman–Crippen MR) is 122 cm³/mol. The Morgan fingerprint density at radius 3 is 2.59 bits per heavy atom. The van der Waals surface area contributed by atoms with Crippen molar-refractivity contribution >= 4 is 10.9 Å². The van der Waals surface area contributed by atoms with Gasteiger partial charge in [0.05, 0.1) is 5.52 Å². The van der Waals surface area contributed by atoms with E-state index in [4.69, 9.17) is 4.98 Å². The van der Waals surface area contributed by atoms with Gasteiger partial charge in [-0.05, 0) is 67.6 Å². The molecule has 154 valence electrons. The van der Waals surface area contributed by atoms with Gasteiger partial charge in [-0.15, -0.1) is 0 Å². The number of rotatable bonds is 7. The van der Waals surface area contributed by atoms with Gasteiger partial charge in [0.1, 0.15) is 0 Å². The van der Waals surface area contributed by atoms with E-state index in [1.165, 1.54) is 93.1 Å². The lowest BCUT2D eigenvalue weighted by atomic mass is 9.63. The summed E-state index contributed by atoms with van der Waals surface area (Å²) in [5.41, 5.74) is 6.07. The minimum Gasteiger partial charge on any atom is -0.298 e. The third kappa shape index (κ3) is 4.01. The van der Waals surface area contributed by atoms with Gasteiger partial charge < -0.3 is 0 Å². The molecule has 2 aromatic rings. The van der Waals surface area contributed by atoms with Crippen molar-refractivity contribution in [3.05, 3.63) is 53.2 Å². The first-order valence-electron chi connectivity index (χ1n) is 12.0. The molecule has 2 saturated carbocycles. The van der Waals surface area contributed by atoms with Crippen molar-refractivity contribution < 1.29 is 0 Å². The minimum absolute atomic E-state index is 0.693. The van der Waals surface area contributed by atoms with E-state index in [1.54, 1.807) is 0 Å². The van der Waals surface area contributed by atoms with Crippen LogP contribution in [0.3, 0.4) is 0 Å². The molecule has 0 amide bonds. The van der Waals surface area contributed by atoms with Crippen molar-refractivity contribution in [3.8, 4) is 0 Å². The lowest BCUT2D eigenvalue weighted by Gasteiger charge is -2.56. The van der Waals surface area contributed by atoms with Gasteiger partial charge in [-0.3, -0.25) is 9.88 Å². The number of allylic oxidation sites excluding steroid dienone is 2. The Kier molecular flexibility index (Phi) is 5.47. The van der Waals surface area contributed by atoms with Crippen LogP contribution >= 0.6 is 0 Å². The molecule has 3 aliphatic rings. The molecule has 0 atom stereocenters. The monoisotopic (exact) mass is 388 g/mol. The molecule has 0 unspecified atom stereocenters. The summed E-state index contributed by atoms with van der Waals surface area (Å²) in [6, 6.07) is 8.75. The Hall–Kier alpha value is -1.67. The number of nitrogens with zero attached hydrogens (tertiary/aromatic N) is 2. The summed E-state index contributed by atoms with van der Waals surface area (Å²) in [6.45, 7) is 5.91. The number of likely N-dealkylation sites (tertiary alicyclic amines) is 1. The molecular formula is C27H36N2. The van der Waals surface area contributed by atoms with Crippen LogP contribution in [0.15, 0.2) is 36.4 Å². The number of aryl methyl sites for hydroxylation is 1. The molecule has 0 radical (unpaired) electrons. The first-order chi connectivity index (χ1) is 14.2. The minimum atomic E-state index is 0.693. The molecule has 1 aromatic carbocycles. The predicted octanol–water partition coefficient (Wildman–Crippen LogP) is 6.60. The normalized spacial score (nSPS) is 21.8. The van der Waals surface area contributed by atoms with Crippen LogP contribution in [0.1, 0.15) is 74.6 Å². The molecule has 0 bridgehead atoms. The third-order valence-electron chi connectivity index (χ3n) is 7.94. The van der Waals surface area contributed by atoms with Crippen molar-refractivity contribution in [1.29, 1.82) is 0 Å². The van der Waals surface area contributed by atoms with E-state index in [-0.39, 0.29) is 0 Å². The first kappa shape index (κ1) is 19.3. The molecule has 1 aliphatic heterocycles. The van der Waals surface area contributed by atoms with Gasteiger partial charge in [0.15, 0.2) is 0 Å². The quantitative estimate of drug-likeness (QED) is 0.497. The summed E-state index contributed by atoms with van der Waals surface area (Å²) in [7, 11) is 0. The lowest BCUT2D eigenvalue weighted by Crippen LogP contribution is -2.59. The average Bonchev–Trinajstić information content (AvgIpc) is 3.17. The largest absolute Gasteiger partial charge is 0.298 e. The molecule has 1 spiro atoms. The number of hydrogen-bond donors (Lipinski definition) is 0. The summed E-state index contributed by atoms with van der Waals surface area (Å²) < 4.78 is 0. The fourth-order valence-electron chi connectivity index (χ4n) is 6.09. The highest BCUT2D eigenvalue weighted by atomic mass is 15.2. The molecule has 1 saturated heterocycles. The Balaban J connectivity index is 1.31. The summed E-state index contributed by atoms with van der Waals surface area (Å²) in [6.07, 6.45) is 18.7. The number of aromatic nitrogens is 1. The maximum Gasteiger partial charge on any atom is 0.0708 e. The van der Waals surface area contributed by atoms with Crippen molar-refractivity contribution in [3.63, 3.8) is 0 Å². The van der Waals surface area contributed by atoms with Gasteiger partial charge in [-0.2, -0.15) is 0 Å². The summed E-state index contributed by atoms with van der Waals surface area (Å²) >= 11 is 0. The van der Waals surface area contributed by atoms with Crippen molar-refractivity contribution in [1.82, 2.24) is 9.88 Å². The topological polar surface area (TPSA) is 16.1 Å². The molecule has 0 N–H and O–H groups in total. The number of fused-ring (bicyclic) bond motifs is 1. The Labute approximate surface area is 176 Å². The van der Waals surface area contributed by atoms with E-state index in [9.17, 15) is 0 Å². The highest BCUT2D eigenvalue weighted by molar-refractivity contribution is 5.83. The van der Waals surface area contributed by atoms with Crippen LogP contribution in [0.25, 0.3) is 10.9 Å². The molecule has 1 aromatic heterocycles. The van der Waals surface area contributed by atoms with Gasteiger partial charge in [0, 0.05) is 30.7 Å². The van der Waals surface area contributed by atoms with Gasteiger partial charge in [0.25, 0.3) is 0 Å². The van der Waals surface area contributed by atoms with E-state index < -0.39 is 0 Å². The van der Waals surface area contributed by atoms with Gasteiger partial charge in [-0.25, -0.2) is 0 Å². The number of hydrogen-bond acceptors (Lipinski definition) is 2. The van der Waals surface area contributed by atoms with Crippen LogP contribution in [0, 0.1) is 18.3 Å². The molecule has 2 nitrogen and oxygen atoms in total. The average molecular weight is 389 g/mol.